The summed E-state index contributed by atoms with van der Waals surface area (Å²) in [6.45, 7) is -2.07. The summed E-state index contributed by atoms with van der Waals surface area (Å²) in [5.74, 6) is -1.82. The Morgan fingerprint density at radius 2 is 1.97 bits per heavy atom. The number of carbonyl (C=O) groups is 2. The van der Waals surface area contributed by atoms with Crippen LogP contribution in [0.25, 0.3) is 0 Å². The lowest BCUT2D eigenvalue weighted by atomic mass is 9.97. The molecule has 0 spiro atoms. The number of aromatic nitrogens is 4. The molecule has 0 saturated carbocycles. The van der Waals surface area contributed by atoms with E-state index < -0.39 is 18.4 Å². The first kappa shape index (κ1) is 22.8. The van der Waals surface area contributed by atoms with Gasteiger partial charge in [0.25, 0.3) is 5.91 Å². The Kier molecular flexibility index (Phi) is 7.30. The molecule has 0 unspecified atom stereocenters. The topological polar surface area (TPSA) is 124 Å². The van der Waals surface area contributed by atoms with Gasteiger partial charge in [-0.25, -0.2) is 4.68 Å². The Balaban J connectivity index is 1.84. The van der Waals surface area contributed by atoms with Crippen LogP contribution in [0.4, 0.5) is 20.4 Å². The van der Waals surface area contributed by atoms with Gasteiger partial charge in [0.1, 0.15) is 5.69 Å². The van der Waals surface area contributed by atoms with Crippen molar-refractivity contribution in [3.05, 3.63) is 22.7 Å². The number of nitrogens with one attached hydrogen (secondary N) is 2. The first-order chi connectivity index (χ1) is 14.8. The number of halogens is 3. The number of benzene rings is 1. The Morgan fingerprint density at radius 3 is 2.55 bits per heavy atom. The standard InChI is InChI=1S/C17H20ClF2N7O4/c1-26-17(23-24-25-26)22-15(29)10-3-4-11(31-16(19)20)13(12(10)18)21-14(28)9-5-7-27(30-2)8-6-9/h3-4,9,16H,5-8H2,1-2H3,(H,21,28)(H,22,23,25,29). The summed E-state index contributed by atoms with van der Waals surface area (Å²) >= 11 is 6.31. The monoisotopic (exact) mass is 459 g/mol. The fraction of sp³-hybridized carbons (Fsp3) is 0.471. The minimum atomic E-state index is -3.15. The predicted octanol–water partition coefficient (Wildman–Crippen LogP) is 1.93. The molecule has 1 fully saturated rings. The highest BCUT2D eigenvalue weighted by molar-refractivity contribution is 6.37. The molecule has 11 nitrogen and oxygen atoms in total. The van der Waals surface area contributed by atoms with E-state index in [9.17, 15) is 18.4 Å². The third kappa shape index (κ3) is 5.42. The van der Waals surface area contributed by atoms with Gasteiger partial charge in [-0.1, -0.05) is 16.7 Å². The van der Waals surface area contributed by atoms with E-state index in [1.807, 2.05) is 0 Å². The first-order valence-corrected chi connectivity index (χ1v) is 9.59. The molecule has 1 aromatic carbocycles. The summed E-state index contributed by atoms with van der Waals surface area (Å²) in [5.41, 5.74) is -0.305. The molecule has 14 heteroatoms. The molecule has 0 atom stereocenters. The molecule has 31 heavy (non-hydrogen) atoms. The Labute approximate surface area is 180 Å². The largest absolute Gasteiger partial charge is 0.433 e. The van der Waals surface area contributed by atoms with E-state index in [4.69, 9.17) is 16.4 Å². The number of rotatable bonds is 7. The molecule has 0 radical (unpaired) electrons. The number of anilines is 2. The first-order valence-electron chi connectivity index (χ1n) is 9.21. The van der Waals surface area contributed by atoms with Crippen LogP contribution in [0.3, 0.4) is 0 Å². The van der Waals surface area contributed by atoms with E-state index in [1.165, 1.54) is 17.8 Å². The lowest BCUT2D eigenvalue weighted by Crippen LogP contribution is -2.37. The van der Waals surface area contributed by atoms with Crippen molar-refractivity contribution >= 4 is 35.1 Å². The summed E-state index contributed by atoms with van der Waals surface area (Å²) in [6, 6.07) is 2.33. The Bertz CT molecular complexity index is 951. The zero-order chi connectivity index (χ0) is 22.5. The third-order valence-electron chi connectivity index (χ3n) is 4.74. The van der Waals surface area contributed by atoms with Gasteiger partial charge in [0.05, 0.1) is 17.7 Å². The minimum Gasteiger partial charge on any atom is -0.433 e. The van der Waals surface area contributed by atoms with Crippen LogP contribution in [0.15, 0.2) is 12.1 Å². The number of hydroxylamine groups is 2. The molecule has 0 aliphatic carbocycles. The average molecular weight is 460 g/mol. The molecule has 2 amide bonds. The van der Waals surface area contributed by atoms with E-state index in [2.05, 4.69) is 30.9 Å². The van der Waals surface area contributed by atoms with Crippen molar-refractivity contribution in [3.63, 3.8) is 0 Å². The molecule has 3 rings (SSSR count). The van der Waals surface area contributed by atoms with E-state index in [1.54, 1.807) is 12.2 Å². The summed E-state index contributed by atoms with van der Waals surface area (Å²) in [5, 5.41) is 17.1. The van der Waals surface area contributed by atoms with Gasteiger partial charge in [-0.3, -0.25) is 14.9 Å². The van der Waals surface area contributed by atoms with E-state index in [0.717, 1.165) is 6.07 Å². The number of tetrazole rings is 1. The minimum absolute atomic E-state index is 0.0458. The molecule has 2 heterocycles. The van der Waals surface area contributed by atoms with Crippen molar-refractivity contribution in [2.24, 2.45) is 13.0 Å². The van der Waals surface area contributed by atoms with Crippen molar-refractivity contribution in [3.8, 4) is 5.75 Å². The van der Waals surface area contributed by atoms with E-state index >= 15 is 0 Å². The number of alkyl halides is 2. The summed E-state index contributed by atoms with van der Waals surface area (Å²) < 4.78 is 31.4. The van der Waals surface area contributed by atoms with Crippen LogP contribution in [0.5, 0.6) is 5.75 Å². The number of piperidine rings is 1. The molecular weight excluding hydrogens is 440 g/mol. The molecule has 1 aliphatic heterocycles. The number of amides is 2. The van der Waals surface area contributed by atoms with Gasteiger partial charge in [-0.05, 0) is 35.4 Å². The normalized spacial score (nSPS) is 15.2. The van der Waals surface area contributed by atoms with E-state index in [0.29, 0.717) is 25.9 Å². The maximum atomic E-state index is 12.9. The number of aryl methyl sites for hydroxylation is 1. The second kappa shape index (κ2) is 9.94. The highest BCUT2D eigenvalue weighted by Gasteiger charge is 2.28. The van der Waals surface area contributed by atoms with Crippen molar-refractivity contribution in [2.75, 3.05) is 30.8 Å². The number of hydrogen-bond acceptors (Lipinski definition) is 8. The third-order valence-corrected chi connectivity index (χ3v) is 5.13. The fourth-order valence-electron chi connectivity index (χ4n) is 3.07. The maximum Gasteiger partial charge on any atom is 0.387 e. The molecule has 168 valence electrons. The Morgan fingerprint density at radius 1 is 1.26 bits per heavy atom. The zero-order valence-corrected chi connectivity index (χ0v) is 17.4. The average Bonchev–Trinajstić information content (AvgIpc) is 3.14. The summed E-state index contributed by atoms with van der Waals surface area (Å²) in [4.78, 5) is 30.5. The van der Waals surface area contributed by atoms with Gasteiger partial charge in [0.2, 0.25) is 11.9 Å². The smallest absolute Gasteiger partial charge is 0.387 e. The lowest BCUT2D eigenvalue weighted by Gasteiger charge is -2.29. The van der Waals surface area contributed by atoms with Crippen molar-refractivity contribution in [1.82, 2.24) is 25.3 Å². The van der Waals surface area contributed by atoms with Crippen LogP contribution in [-0.2, 0) is 16.7 Å². The SMILES string of the molecule is CON1CCC(C(=O)Nc2c(OC(F)F)ccc(C(=O)Nc3nnnn3C)c2Cl)CC1. The van der Waals surface area contributed by atoms with Gasteiger partial charge in [-0.15, -0.1) is 0 Å². The summed E-state index contributed by atoms with van der Waals surface area (Å²) in [7, 11) is 3.05. The molecule has 0 bridgehead atoms. The second-order valence-electron chi connectivity index (χ2n) is 6.63. The van der Waals surface area contributed by atoms with Crippen LogP contribution in [-0.4, -0.2) is 63.9 Å². The lowest BCUT2D eigenvalue weighted by molar-refractivity contribution is -0.152. The fourth-order valence-corrected chi connectivity index (χ4v) is 3.36. The van der Waals surface area contributed by atoms with Crippen molar-refractivity contribution in [1.29, 1.82) is 0 Å². The van der Waals surface area contributed by atoms with Gasteiger partial charge in [-0.2, -0.15) is 13.8 Å². The van der Waals surface area contributed by atoms with Crippen LogP contribution in [0.1, 0.15) is 23.2 Å². The van der Waals surface area contributed by atoms with Crippen molar-refractivity contribution in [2.45, 2.75) is 19.5 Å². The molecule has 2 aromatic rings. The van der Waals surface area contributed by atoms with Crippen LogP contribution in [0.2, 0.25) is 5.02 Å². The molecule has 1 aromatic heterocycles. The quantitative estimate of drug-likeness (QED) is 0.643. The van der Waals surface area contributed by atoms with Gasteiger partial charge in [0.15, 0.2) is 5.75 Å². The molecule has 1 aliphatic rings. The highest BCUT2D eigenvalue weighted by Crippen LogP contribution is 2.37. The van der Waals surface area contributed by atoms with Crippen LogP contribution in [0, 0.1) is 5.92 Å². The molecule has 2 N–H and O–H groups in total. The number of hydrogen-bond donors (Lipinski definition) is 2. The van der Waals surface area contributed by atoms with Gasteiger partial charge in [0, 0.05) is 26.1 Å². The van der Waals surface area contributed by atoms with E-state index in [-0.39, 0.29) is 33.9 Å². The van der Waals surface area contributed by atoms with Gasteiger partial charge < -0.3 is 14.9 Å². The predicted molar refractivity (Wildman–Crippen MR) is 105 cm³/mol. The van der Waals surface area contributed by atoms with Crippen LogP contribution < -0.4 is 15.4 Å². The van der Waals surface area contributed by atoms with Crippen molar-refractivity contribution < 1.29 is 27.9 Å². The number of nitrogens with zero attached hydrogens (tertiary/aromatic N) is 5. The van der Waals surface area contributed by atoms with Crippen LogP contribution >= 0.6 is 11.6 Å². The number of ether oxygens (including phenoxy) is 1. The maximum absolute atomic E-state index is 12.9. The molecular formula is C17H20ClF2N7O4. The van der Waals surface area contributed by atoms with Gasteiger partial charge >= 0.3 is 6.61 Å². The Hall–Kier alpha value is -2.90. The molecule has 1 saturated heterocycles. The highest BCUT2D eigenvalue weighted by atomic mass is 35.5. The summed E-state index contributed by atoms with van der Waals surface area (Å²) in [6.07, 6.45) is 1.00. The second-order valence-corrected chi connectivity index (χ2v) is 7.01. The zero-order valence-electron chi connectivity index (χ0n) is 16.6. The number of carbonyl (C=O) groups excluding carboxylic acids is 2.